The predicted octanol–water partition coefficient (Wildman–Crippen LogP) is 2.91. The molecule has 0 unspecified atom stereocenters. The number of benzene rings is 1. The average Bonchev–Trinajstić information content (AvgIpc) is 2.70. The molecule has 0 saturated carbocycles. The molecule has 13 heavy (non-hydrogen) atoms. The highest BCUT2D eigenvalue weighted by Gasteiger charge is 2.02. The maximum Gasteiger partial charge on any atom is 0.0688 e. The minimum absolute atomic E-state index is 0.105. The first kappa shape index (κ1) is 8.48. The van der Waals surface area contributed by atoms with E-state index in [1.807, 2.05) is 35.7 Å². The molecule has 2 heteroatoms. The van der Waals surface area contributed by atoms with E-state index in [0.29, 0.717) is 0 Å². The van der Waals surface area contributed by atoms with Crippen LogP contribution in [0.1, 0.15) is 5.56 Å². The van der Waals surface area contributed by atoms with Gasteiger partial charge in [0.05, 0.1) is 6.61 Å². The van der Waals surface area contributed by atoms with Crippen LogP contribution in [0.3, 0.4) is 0 Å². The van der Waals surface area contributed by atoms with Gasteiger partial charge in [0.1, 0.15) is 0 Å². The monoisotopic (exact) mass is 190 g/mol. The maximum absolute atomic E-state index is 9.12. The van der Waals surface area contributed by atoms with Gasteiger partial charge in [-0.25, -0.2) is 0 Å². The number of hydrogen-bond donors (Lipinski definition) is 1. The van der Waals surface area contributed by atoms with Crippen molar-refractivity contribution in [3.05, 3.63) is 47.3 Å². The van der Waals surface area contributed by atoms with E-state index in [-0.39, 0.29) is 6.61 Å². The highest BCUT2D eigenvalue weighted by molar-refractivity contribution is 7.13. The van der Waals surface area contributed by atoms with Gasteiger partial charge in [-0.3, -0.25) is 0 Å². The molecule has 0 fully saturated rings. The molecule has 1 aromatic heterocycles. The Morgan fingerprint density at radius 3 is 2.62 bits per heavy atom. The highest BCUT2D eigenvalue weighted by atomic mass is 32.1. The van der Waals surface area contributed by atoms with E-state index < -0.39 is 0 Å². The molecule has 0 aliphatic rings. The van der Waals surface area contributed by atoms with Crippen LogP contribution in [0, 0.1) is 0 Å². The molecule has 1 N–H and O–H groups in total. The molecular weight excluding hydrogens is 180 g/mol. The van der Waals surface area contributed by atoms with Gasteiger partial charge >= 0.3 is 0 Å². The lowest BCUT2D eigenvalue weighted by Gasteiger charge is -2.03. The van der Waals surface area contributed by atoms with E-state index in [9.17, 15) is 0 Å². The van der Waals surface area contributed by atoms with Crippen LogP contribution in [0.15, 0.2) is 41.8 Å². The Hall–Kier alpha value is -1.12. The number of rotatable bonds is 2. The lowest BCUT2D eigenvalue weighted by Crippen LogP contribution is -1.85. The van der Waals surface area contributed by atoms with Crippen molar-refractivity contribution in [2.45, 2.75) is 6.61 Å². The van der Waals surface area contributed by atoms with Gasteiger partial charge in [-0.1, -0.05) is 30.3 Å². The van der Waals surface area contributed by atoms with Crippen LogP contribution in [-0.2, 0) is 6.61 Å². The quantitative estimate of drug-likeness (QED) is 0.772. The molecule has 0 saturated heterocycles. The fourth-order valence-corrected chi connectivity index (χ4v) is 2.12. The number of aliphatic hydroxyl groups excluding tert-OH is 1. The number of hydrogen-bond acceptors (Lipinski definition) is 2. The summed E-state index contributed by atoms with van der Waals surface area (Å²) < 4.78 is 0. The summed E-state index contributed by atoms with van der Waals surface area (Å²) in [5, 5.41) is 11.2. The molecule has 66 valence electrons. The standard InChI is InChI=1S/C11H10OS/c12-8-9-4-1-2-5-10(9)11-6-3-7-13-11/h1-7,12H,8H2. The average molecular weight is 190 g/mol. The van der Waals surface area contributed by atoms with Crippen LogP contribution < -0.4 is 0 Å². The zero-order valence-electron chi connectivity index (χ0n) is 7.10. The molecule has 0 aliphatic carbocycles. The fraction of sp³-hybridized carbons (Fsp3) is 0.0909. The fourth-order valence-electron chi connectivity index (χ4n) is 1.33. The van der Waals surface area contributed by atoms with Crippen molar-refractivity contribution in [3.8, 4) is 10.4 Å². The third-order valence-electron chi connectivity index (χ3n) is 1.97. The third-order valence-corrected chi connectivity index (χ3v) is 2.88. The maximum atomic E-state index is 9.12. The molecule has 0 bridgehead atoms. The summed E-state index contributed by atoms with van der Waals surface area (Å²) in [6, 6.07) is 12.0. The van der Waals surface area contributed by atoms with E-state index in [2.05, 4.69) is 6.07 Å². The zero-order chi connectivity index (χ0) is 9.10. The lowest BCUT2D eigenvalue weighted by molar-refractivity contribution is 0.282. The van der Waals surface area contributed by atoms with Gasteiger partial charge in [0.15, 0.2) is 0 Å². The third kappa shape index (κ3) is 1.64. The Bertz CT molecular complexity index is 379. The SMILES string of the molecule is OCc1ccccc1-c1cccs1. The molecule has 0 atom stereocenters. The van der Waals surface area contributed by atoms with Crippen LogP contribution in [0.25, 0.3) is 10.4 Å². The van der Waals surface area contributed by atoms with Gasteiger partial charge in [-0.15, -0.1) is 11.3 Å². The molecular formula is C11H10OS. The molecule has 1 heterocycles. The van der Waals surface area contributed by atoms with Crippen molar-refractivity contribution < 1.29 is 5.11 Å². The number of thiophene rings is 1. The van der Waals surface area contributed by atoms with E-state index >= 15 is 0 Å². The predicted molar refractivity (Wildman–Crippen MR) is 55.7 cm³/mol. The molecule has 0 radical (unpaired) electrons. The van der Waals surface area contributed by atoms with Crippen molar-refractivity contribution in [1.29, 1.82) is 0 Å². The van der Waals surface area contributed by atoms with Gasteiger partial charge in [0.2, 0.25) is 0 Å². The van der Waals surface area contributed by atoms with E-state index in [4.69, 9.17) is 5.11 Å². The zero-order valence-corrected chi connectivity index (χ0v) is 7.92. The van der Waals surface area contributed by atoms with E-state index in [0.717, 1.165) is 11.1 Å². The normalized spacial score (nSPS) is 10.2. The van der Waals surface area contributed by atoms with Crippen LogP contribution in [0.4, 0.5) is 0 Å². The smallest absolute Gasteiger partial charge is 0.0688 e. The summed E-state index contributed by atoms with van der Waals surface area (Å²) in [5.41, 5.74) is 2.13. The van der Waals surface area contributed by atoms with Crippen LogP contribution in [0.2, 0.25) is 0 Å². The molecule has 0 aliphatic heterocycles. The van der Waals surface area contributed by atoms with Gasteiger partial charge in [-0.05, 0) is 22.6 Å². The Labute approximate surface area is 81.3 Å². The minimum Gasteiger partial charge on any atom is -0.392 e. The minimum atomic E-state index is 0.105. The summed E-state index contributed by atoms with van der Waals surface area (Å²) in [6.07, 6.45) is 0. The Morgan fingerprint density at radius 1 is 1.08 bits per heavy atom. The first-order valence-electron chi connectivity index (χ1n) is 4.14. The van der Waals surface area contributed by atoms with Gasteiger partial charge in [0, 0.05) is 4.88 Å². The Kier molecular flexibility index (Phi) is 2.43. The summed E-state index contributed by atoms with van der Waals surface area (Å²) in [5.74, 6) is 0. The van der Waals surface area contributed by atoms with Crippen LogP contribution in [0.5, 0.6) is 0 Å². The Balaban J connectivity index is 2.51. The first-order valence-corrected chi connectivity index (χ1v) is 5.02. The molecule has 1 aromatic carbocycles. The van der Waals surface area contributed by atoms with E-state index in [1.165, 1.54) is 4.88 Å². The van der Waals surface area contributed by atoms with E-state index in [1.54, 1.807) is 11.3 Å². The second-order valence-corrected chi connectivity index (χ2v) is 3.74. The first-order chi connectivity index (χ1) is 6.42. The molecule has 2 rings (SSSR count). The van der Waals surface area contributed by atoms with Gasteiger partial charge in [-0.2, -0.15) is 0 Å². The number of aliphatic hydroxyl groups is 1. The topological polar surface area (TPSA) is 20.2 Å². The summed E-state index contributed by atoms with van der Waals surface area (Å²) in [7, 11) is 0. The summed E-state index contributed by atoms with van der Waals surface area (Å²) in [6.45, 7) is 0.105. The summed E-state index contributed by atoms with van der Waals surface area (Å²) in [4.78, 5) is 1.21. The largest absolute Gasteiger partial charge is 0.392 e. The van der Waals surface area contributed by atoms with Crippen molar-refractivity contribution in [2.24, 2.45) is 0 Å². The van der Waals surface area contributed by atoms with Crippen LogP contribution >= 0.6 is 11.3 Å². The summed E-state index contributed by atoms with van der Waals surface area (Å²) >= 11 is 1.69. The van der Waals surface area contributed by atoms with Crippen LogP contribution in [-0.4, -0.2) is 5.11 Å². The van der Waals surface area contributed by atoms with Crippen molar-refractivity contribution in [3.63, 3.8) is 0 Å². The lowest BCUT2D eigenvalue weighted by atomic mass is 10.1. The second-order valence-electron chi connectivity index (χ2n) is 2.79. The van der Waals surface area contributed by atoms with Crippen molar-refractivity contribution in [1.82, 2.24) is 0 Å². The molecule has 0 spiro atoms. The van der Waals surface area contributed by atoms with Gasteiger partial charge < -0.3 is 5.11 Å². The highest BCUT2D eigenvalue weighted by Crippen LogP contribution is 2.27. The molecule has 2 aromatic rings. The Morgan fingerprint density at radius 2 is 1.92 bits per heavy atom. The van der Waals surface area contributed by atoms with Crippen molar-refractivity contribution in [2.75, 3.05) is 0 Å². The second kappa shape index (κ2) is 3.73. The van der Waals surface area contributed by atoms with Gasteiger partial charge in [0.25, 0.3) is 0 Å². The molecule has 0 amide bonds. The van der Waals surface area contributed by atoms with Crippen molar-refractivity contribution >= 4 is 11.3 Å². The molecule has 1 nitrogen and oxygen atoms in total.